The van der Waals surface area contributed by atoms with Crippen LogP contribution in [-0.4, -0.2) is 35.4 Å². The molecule has 4 aromatic rings. The van der Waals surface area contributed by atoms with Crippen LogP contribution in [0.4, 0.5) is 11.5 Å². The summed E-state index contributed by atoms with van der Waals surface area (Å²) in [7, 11) is 0. The third-order valence-electron chi connectivity index (χ3n) is 4.71. The Bertz CT molecular complexity index is 1290. The molecule has 10 nitrogen and oxygen atoms in total. The van der Waals surface area contributed by atoms with Crippen LogP contribution in [0.2, 0.25) is 0 Å². The lowest BCUT2D eigenvalue weighted by Crippen LogP contribution is -2.16. The molecule has 0 fully saturated rings. The zero-order valence-corrected chi connectivity index (χ0v) is 17.8. The number of hydrogen-bond acceptors (Lipinski definition) is 6. The molecule has 0 aliphatic rings. The van der Waals surface area contributed by atoms with Crippen LogP contribution in [0.15, 0.2) is 67.0 Å². The molecule has 0 radical (unpaired) electrons. The molecule has 0 aliphatic heterocycles. The SMILES string of the molecule is CC(C)(C)c1cc(NC(=O)c2ccn(-c3cccc([N+](=O)[O-])c3)n2)n(-c2ccccn2)n1. The van der Waals surface area contributed by atoms with Gasteiger partial charge < -0.3 is 5.32 Å². The van der Waals surface area contributed by atoms with Crippen LogP contribution in [0, 0.1) is 10.1 Å². The standard InChI is InChI=1S/C22H21N7O3/c1-22(2,3)18-14-20(28(26-18)19-9-4-5-11-23-19)24-21(30)17-10-12-27(25-17)15-7-6-8-16(13-15)29(31)32/h4-14H,1-3H3,(H,24,30). The second-order valence-electron chi connectivity index (χ2n) is 8.14. The fourth-order valence-corrected chi connectivity index (χ4v) is 3.01. The van der Waals surface area contributed by atoms with Crippen molar-refractivity contribution in [2.24, 2.45) is 0 Å². The van der Waals surface area contributed by atoms with Crippen molar-refractivity contribution in [3.05, 3.63) is 88.5 Å². The summed E-state index contributed by atoms with van der Waals surface area (Å²) in [5, 5.41) is 22.8. The predicted octanol–water partition coefficient (Wildman–Crippen LogP) is 3.91. The van der Waals surface area contributed by atoms with Gasteiger partial charge in [0, 0.05) is 36.0 Å². The maximum Gasteiger partial charge on any atom is 0.277 e. The monoisotopic (exact) mass is 431 g/mol. The molecule has 10 heteroatoms. The molecule has 1 aromatic carbocycles. The molecule has 1 amide bonds. The lowest BCUT2D eigenvalue weighted by Gasteiger charge is -2.13. The minimum atomic E-state index is -0.480. The molecule has 0 bridgehead atoms. The van der Waals surface area contributed by atoms with Gasteiger partial charge in [0.25, 0.3) is 11.6 Å². The number of nitrogens with zero attached hydrogens (tertiary/aromatic N) is 6. The molecule has 3 heterocycles. The van der Waals surface area contributed by atoms with Crippen molar-refractivity contribution in [1.82, 2.24) is 24.5 Å². The molecular formula is C22H21N7O3. The Morgan fingerprint density at radius 3 is 2.56 bits per heavy atom. The van der Waals surface area contributed by atoms with E-state index in [0.29, 0.717) is 17.3 Å². The number of hydrogen-bond donors (Lipinski definition) is 1. The highest BCUT2D eigenvalue weighted by Gasteiger charge is 2.23. The first kappa shape index (κ1) is 20.9. The highest BCUT2D eigenvalue weighted by atomic mass is 16.6. The average Bonchev–Trinajstić information content (AvgIpc) is 3.42. The van der Waals surface area contributed by atoms with Gasteiger partial charge in [-0.3, -0.25) is 14.9 Å². The summed E-state index contributed by atoms with van der Waals surface area (Å²) in [6.45, 7) is 6.10. The summed E-state index contributed by atoms with van der Waals surface area (Å²) in [6.07, 6.45) is 3.23. The molecule has 32 heavy (non-hydrogen) atoms. The molecule has 0 spiro atoms. The molecule has 4 rings (SSSR count). The summed E-state index contributed by atoms with van der Waals surface area (Å²) in [5.41, 5.74) is 1.14. The number of benzene rings is 1. The molecule has 0 saturated heterocycles. The van der Waals surface area contributed by atoms with Crippen LogP contribution in [-0.2, 0) is 5.41 Å². The maximum atomic E-state index is 12.9. The van der Waals surface area contributed by atoms with Crippen molar-refractivity contribution in [2.45, 2.75) is 26.2 Å². The zero-order chi connectivity index (χ0) is 22.9. The van der Waals surface area contributed by atoms with E-state index in [1.54, 1.807) is 47.4 Å². The fourth-order valence-electron chi connectivity index (χ4n) is 3.01. The van der Waals surface area contributed by atoms with Crippen molar-refractivity contribution in [2.75, 3.05) is 5.32 Å². The third-order valence-corrected chi connectivity index (χ3v) is 4.71. The Kier molecular flexibility index (Phi) is 5.27. The van der Waals surface area contributed by atoms with Crippen LogP contribution >= 0.6 is 0 Å². The van der Waals surface area contributed by atoms with Crippen LogP contribution in [0.3, 0.4) is 0 Å². The first-order valence-corrected chi connectivity index (χ1v) is 9.86. The Morgan fingerprint density at radius 2 is 1.88 bits per heavy atom. The quantitative estimate of drug-likeness (QED) is 0.378. The third kappa shape index (κ3) is 4.24. The molecule has 3 aromatic heterocycles. The van der Waals surface area contributed by atoms with E-state index in [9.17, 15) is 14.9 Å². The topological polar surface area (TPSA) is 121 Å². The van der Waals surface area contributed by atoms with E-state index in [-0.39, 0.29) is 16.8 Å². The summed E-state index contributed by atoms with van der Waals surface area (Å²) < 4.78 is 2.99. The summed E-state index contributed by atoms with van der Waals surface area (Å²) in [5.74, 6) is 0.593. The number of carbonyl (C=O) groups excluding carboxylic acids is 1. The molecule has 0 saturated carbocycles. The van der Waals surface area contributed by atoms with Gasteiger partial charge in [0.05, 0.1) is 16.3 Å². The number of aromatic nitrogens is 5. The van der Waals surface area contributed by atoms with E-state index in [1.165, 1.54) is 16.8 Å². The summed E-state index contributed by atoms with van der Waals surface area (Å²) in [6, 6.07) is 14.8. The van der Waals surface area contributed by atoms with Crippen molar-refractivity contribution in [1.29, 1.82) is 0 Å². The summed E-state index contributed by atoms with van der Waals surface area (Å²) in [4.78, 5) is 27.8. The smallest absolute Gasteiger partial charge is 0.277 e. The molecule has 1 N–H and O–H groups in total. The normalized spacial score (nSPS) is 11.3. The van der Waals surface area contributed by atoms with Gasteiger partial charge in [-0.05, 0) is 24.3 Å². The number of carbonyl (C=O) groups is 1. The van der Waals surface area contributed by atoms with E-state index in [1.807, 2.05) is 32.9 Å². The van der Waals surface area contributed by atoms with Gasteiger partial charge in [-0.25, -0.2) is 9.67 Å². The number of rotatable bonds is 5. The van der Waals surface area contributed by atoms with Crippen molar-refractivity contribution in [3.8, 4) is 11.5 Å². The van der Waals surface area contributed by atoms with Gasteiger partial charge in [-0.1, -0.05) is 32.9 Å². The van der Waals surface area contributed by atoms with Gasteiger partial charge in [0.1, 0.15) is 5.82 Å². The Labute approximate surface area is 183 Å². The Hall–Kier alpha value is -4.34. The Morgan fingerprint density at radius 1 is 1.06 bits per heavy atom. The van der Waals surface area contributed by atoms with Crippen LogP contribution in [0.1, 0.15) is 37.0 Å². The maximum absolute atomic E-state index is 12.9. The minimum absolute atomic E-state index is 0.0574. The van der Waals surface area contributed by atoms with E-state index >= 15 is 0 Å². The van der Waals surface area contributed by atoms with Gasteiger partial charge >= 0.3 is 0 Å². The van der Waals surface area contributed by atoms with Crippen molar-refractivity contribution >= 4 is 17.4 Å². The van der Waals surface area contributed by atoms with E-state index in [2.05, 4.69) is 20.5 Å². The fraction of sp³-hybridized carbons (Fsp3) is 0.182. The van der Waals surface area contributed by atoms with E-state index in [0.717, 1.165) is 5.69 Å². The second-order valence-corrected chi connectivity index (χ2v) is 8.14. The molecule has 0 aliphatic carbocycles. The van der Waals surface area contributed by atoms with E-state index in [4.69, 9.17) is 0 Å². The van der Waals surface area contributed by atoms with Gasteiger partial charge in [0.2, 0.25) is 0 Å². The first-order chi connectivity index (χ1) is 15.2. The largest absolute Gasteiger partial charge is 0.305 e. The number of non-ortho nitro benzene ring substituents is 1. The molecule has 162 valence electrons. The number of nitrogens with one attached hydrogen (secondary N) is 1. The number of nitro benzene ring substituents is 1. The number of amides is 1. The highest BCUT2D eigenvalue weighted by molar-refractivity contribution is 6.02. The number of nitro groups is 1. The van der Waals surface area contributed by atoms with Gasteiger partial charge in [-0.2, -0.15) is 14.9 Å². The van der Waals surface area contributed by atoms with Crippen LogP contribution in [0.25, 0.3) is 11.5 Å². The zero-order valence-electron chi connectivity index (χ0n) is 17.8. The number of pyridine rings is 1. The van der Waals surface area contributed by atoms with Crippen LogP contribution < -0.4 is 5.32 Å². The number of anilines is 1. The lowest BCUT2D eigenvalue weighted by atomic mass is 9.92. The lowest BCUT2D eigenvalue weighted by molar-refractivity contribution is -0.384. The second kappa shape index (κ2) is 8.06. The molecule has 0 atom stereocenters. The molecule has 0 unspecified atom stereocenters. The average molecular weight is 431 g/mol. The van der Waals surface area contributed by atoms with Crippen LogP contribution in [0.5, 0.6) is 0 Å². The van der Waals surface area contributed by atoms with Crippen molar-refractivity contribution in [3.63, 3.8) is 0 Å². The highest BCUT2D eigenvalue weighted by Crippen LogP contribution is 2.26. The van der Waals surface area contributed by atoms with Gasteiger partial charge in [0.15, 0.2) is 11.5 Å². The first-order valence-electron chi connectivity index (χ1n) is 9.86. The minimum Gasteiger partial charge on any atom is -0.305 e. The Balaban J connectivity index is 1.63. The summed E-state index contributed by atoms with van der Waals surface area (Å²) >= 11 is 0. The van der Waals surface area contributed by atoms with Crippen molar-refractivity contribution < 1.29 is 9.72 Å². The van der Waals surface area contributed by atoms with E-state index < -0.39 is 10.8 Å². The van der Waals surface area contributed by atoms with Gasteiger partial charge in [-0.15, -0.1) is 0 Å². The molecular weight excluding hydrogens is 410 g/mol. The predicted molar refractivity (Wildman–Crippen MR) is 118 cm³/mol.